The van der Waals surface area contributed by atoms with Gasteiger partial charge in [0.25, 0.3) is 0 Å². The van der Waals surface area contributed by atoms with Crippen LogP contribution in [0.15, 0.2) is 0 Å². The molecule has 1 atom stereocenters. The van der Waals surface area contributed by atoms with Crippen LogP contribution in [-0.2, 0) is 14.3 Å². The molecule has 0 aliphatic heterocycles. The molecular formula is C14H25NO4. The molecule has 2 N–H and O–H groups in total. The molecule has 110 valence electrons. The Morgan fingerprint density at radius 3 is 2.47 bits per heavy atom. The Labute approximate surface area is 114 Å². The van der Waals surface area contributed by atoms with Gasteiger partial charge in [-0.1, -0.05) is 13.3 Å². The summed E-state index contributed by atoms with van der Waals surface area (Å²) in [7, 11) is 0. The zero-order valence-electron chi connectivity index (χ0n) is 11.9. The summed E-state index contributed by atoms with van der Waals surface area (Å²) in [5.74, 6) is -1.05. The van der Waals surface area contributed by atoms with Crippen LogP contribution in [0.5, 0.6) is 0 Å². The van der Waals surface area contributed by atoms with Crippen LogP contribution < -0.4 is 5.32 Å². The number of amides is 1. The molecule has 0 saturated heterocycles. The molecule has 0 aromatic rings. The smallest absolute Gasteiger partial charge is 0.306 e. The van der Waals surface area contributed by atoms with Gasteiger partial charge in [-0.25, -0.2) is 0 Å². The number of hydrogen-bond donors (Lipinski definition) is 2. The van der Waals surface area contributed by atoms with E-state index in [-0.39, 0.29) is 17.9 Å². The van der Waals surface area contributed by atoms with Gasteiger partial charge in [-0.3, -0.25) is 9.59 Å². The maximum atomic E-state index is 11.9. The van der Waals surface area contributed by atoms with Crippen molar-refractivity contribution >= 4 is 11.9 Å². The third kappa shape index (κ3) is 5.59. The minimum atomic E-state index is -0.721. The van der Waals surface area contributed by atoms with Crippen LogP contribution in [0.1, 0.15) is 52.4 Å². The normalized spacial score (nSPS) is 24.7. The van der Waals surface area contributed by atoms with Crippen molar-refractivity contribution in [2.45, 2.75) is 64.5 Å². The molecule has 5 nitrogen and oxygen atoms in total. The van der Waals surface area contributed by atoms with Crippen LogP contribution >= 0.6 is 0 Å². The first-order valence-electron chi connectivity index (χ1n) is 7.19. The van der Waals surface area contributed by atoms with E-state index in [9.17, 15) is 9.59 Å². The number of carboxylic acids is 1. The molecule has 0 aromatic carbocycles. The van der Waals surface area contributed by atoms with E-state index in [0.29, 0.717) is 19.4 Å². The number of ether oxygens (including phenoxy) is 1. The minimum absolute atomic E-state index is 0.0881. The summed E-state index contributed by atoms with van der Waals surface area (Å²) in [5, 5.41) is 11.9. The van der Waals surface area contributed by atoms with Crippen LogP contribution in [-0.4, -0.2) is 35.7 Å². The second-order valence-corrected chi connectivity index (χ2v) is 5.26. The first kappa shape index (κ1) is 16.0. The second kappa shape index (κ2) is 8.15. The standard InChI is InChI=1S/C14H25NO4/c1-3-4-9-19-10(2)13(16)15-12-7-5-11(6-8-12)14(17)18/h10-12H,3-9H2,1-2H3,(H,15,16)(H,17,18). The van der Waals surface area contributed by atoms with Crippen LogP contribution in [0.2, 0.25) is 0 Å². The summed E-state index contributed by atoms with van der Waals surface area (Å²) in [5.41, 5.74) is 0. The molecule has 0 spiro atoms. The monoisotopic (exact) mass is 271 g/mol. The molecule has 1 amide bonds. The quantitative estimate of drug-likeness (QED) is 0.694. The van der Waals surface area contributed by atoms with E-state index in [2.05, 4.69) is 12.2 Å². The van der Waals surface area contributed by atoms with Gasteiger partial charge < -0.3 is 15.2 Å². The fourth-order valence-corrected chi connectivity index (χ4v) is 2.28. The average molecular weight is 271 g/mol. The molecule has 19 heavy (non-hydrogen) atoms. The summed E-state index contributed by atoms with van der Waals surface area (Å²) in [6.45, 7) is 4.44. The molecule has 0 heterocycles. The summed E-state index contributed by atoms with van der Waals surface area (Å²) in [6, 6.07) is 0.0975. The Hall–Kier alpha value is -1.10. The van der Waals surface area contributed by atoms with E-state index in [0.717, 1.165) is 25.7 Å². The average Bonchev–Trinajstić information content (AvgIpc) is 2.39. The highest BCUT2D eigenvalue weighted by Crippen LogP contribution is 2.24. The number of hydrogen-bond acceptors (Lipinski definition) is 3. The van der Waals surface area contributed by atoms with Crippen LogP contribution in [0.25, 0.3) is 0 Å². The van der Waals surface area contributed by atoms with Gasteiger partial charge in [0, 0.05) is 12.6 Å². The summed E-state index contributed by atoms with van der Waals surface area (Å²) in [6.07, 6.45) is 4.35. The lowest BCUT2D eigenvalue weighted by Crippen LogP contribution is -2.43. The number of unbranched alkanes of at least 4 members (excludes halogenated alkanes) is 1. The summed E-state index contributed by atoms with van der Waals surface area (Å²) >= 11 is 0. The van der Waals surface area contributed by atoms with Crippen molar-refractivity contribution in [1.82, 2.24) is 5.32 Å². The Morgan fingerprint density at radius 2 is 1.95 bits per heavy atom. The molecular weight excluding hydrogens is 246 g/mol. The Balaban J connectivity index is 2.24. The van der Waals surface area contributed by atoms with Crippen LogP contribution in [0.4, 0.5) is 0 Å². The van der Waals surface area contributed by atoms with Gasteiger partial charge in [-0.15, -0.1) is 0 Å². The lowest BCUT2D eigenvalue weighted by molar-refractivity contribution is -0.143. The molecule has 1 rings (SSSR count). The van der Waals surface area contributed by atoms with E-state index in [1.165, 1.54) is 0 Å². The van der Waals surface area contributed by atoms with Crippen LogP contribution in [0, 0.1) is 5.92 Å². The Morgan fingerprint density at radius 1 is 1.32 bits per heavy atom. The van der Waals surface area contributed by atoms with E-state index >= 15 is 0 Å². The number of rotatable bonds is 7. The van der Waals surface area contributed by atoms with E-state index in [1.807, 2.05) is 0 Å². The molecule has 5 heteroatoms. The van der Waals surface area contributed by atoms with E-state index < -0.39 is 12.1 Å². The number of carbonyl (C=O) groups is 2. The van der Waals surface area contributed by atoms with Gasteiger partial charge >= 0.3 is 5.97 Å². The molecule has 1 aliphatic carbocycles. The van der Waals surface area contributed by atoms with E-state index in [4.69, 9.17) is 9.84 Å². The van der Waals surface area contributed by atoms with Gasteiger partial charge in [0.15, 0.2) is 0 Å². The number of aliphatic carboxylic acids is 1. The van der Waals surface area contributed by atoms with Crippen molar-refractivity contribution < 1.29 is 19.4 Å². The topological polar surface area (TPSA) is 75.6 Å². The number of carboxylic acid groups (broad SMARTS) is 1. The molecule has 0 bridgehead atoms. The fraction of sp³-hybridized carbons (Fsp3) is 0.857. The lowest BCUT2D eigenvalue weighted by atomic mass is 9.86. The fourth-order valence-electron chi connectivity index (χ4n) is 2.28. The molecule has 1 unspecified atom stereocenters. The van der Waals surface area contributed by atoms with Gasteiger partial charge in [0.05, 0.1) is 5.92 Å². The number of carbonyl (C=O) groups excluding carboxylic acids is 1. The summed E-state index contributed by atoms with van der Waals surface area (Å²) < 4.78 is 5.44. The summed E-state index contributed by atoms with van der Waals surface area (Å²) in [4.78, 5) is 22.7. The SMILES string of the molecule is CCCCOC(C)C(=O)NC1CCC(C(=O)O)CC1. The Bertz CT molecular complexity index is 298. The van der Waals surface area contributed by atoms with Crippen molar-refractivity contribution in [2.24, 2.45) is 5.92 Å². The highest BCUT2D eigenvalue weighted by Gasteiger charge is 2.27. The van der Waals surface area contributed by atoms with Crippen LogP contribution in [0.3, 0.4) is 0 Å². The predicted molar refractivity (Wildman–Crippen MR) is 71.8 cm³/mol. The second-order valence-electron chi connectivity index (χ2n) is 5.26. The van der Waals surface area contributed by atoms with Gasteiger partial charge in [0.2, 0.25) is 5.91 Å². The van der Waals surface area contributed by atoms with Gasteiger partial charge in [-0.2, -0.15) is 0 Å². The Kier molecular flexibility index (Phi) is 6.84. The van der Waals surface area contributed by atoms with Crippen molar-refractivity contribution in [3.63, 3.8) is 0 Å². The third-order valence-electron chi connectivity index (χ3n) is 3.66. The van der Waals surface area contributed by atoms with Crippen molar-refractivity contribution in [1.29, 1.82) is 0 Å². The minimum Gasteiger partial charge on any atom is -0.481 e. The first-order valence-corrected chi connectivity index (χ1v) is 7.19. The molecule has 1 fully saturated rings. The molecule has 1 saturated carbocycles. The zero-order chi connectivity index (χ0) is 14.3. The highest BCUT2D eigenvalue weighted by atomic mass is 16.5. The first-order chi connectivity index (χ1) is 9.04. The maximum Gasteiger partial charge on any atom is 0.306 e. The van der Waals surface area contributed by atoms with E-state index in [1.54, 1.807) is 6.92 Å². The van der Waals surface area contributed by atoms with Crippen molar-refractivity contribution in [3.8, 4) is 0 Å². The van der Waals surface area contributed by atoms with Gasteiger partial charge in [0.1, 0.15) is 6.10 Å². The predicted octanol–water partition coefficient (Wildman–Crippen LogP) is 1.95. The molecule has 0 radical (unpaired) electrons. The van der Waals surface area contributed by atoms with Crippen molar-refractivity contribution in [3.05, 3.63) is 0 Å². The molecule has 0 aromatic heterocycles. The van der Waals surface area contributed by atoms with Crippen molar-refractivity contribution in [2.75, 3.05) is 6.61 Å². The third-order valence-corrected chi connectivity index (χ3v) is 3.66. The largest absolute Gasteiger partial charge is 0.481 e. The highest BCUT2D eigenvalue weighted by molar-refractivity contribution is 5.80. The lowest BCUT2D eigenvalue weighted by Gasteiger charge is -2.27. The maximum absolute atomic E-state index is 11.9. The van der Waals surface area contributed by atoms with Gasteiger partial charge in [-0.05, 0) is 39.0 Å². The zero-order valence-corrected chi connectivity index (χ0v) is 11.9. The molecule has 1 aliphatic rings. The number of nitrogens with one attached hydrogen (secondary N) is 1.